The van der Waals surface area contributed by atoms with Crippen LogP contribution in [0.3, 0.4) is 0 Å². The third kappa shape index (κ3) is 4.00. The van der Waals surface area contributed by atoms with Crippen LogP contribution in [0.4, 0.5) is 0 Å². The van der Waals surface area contributed by atoms with Gasteiger partial charge in [-0.25, -0.2) is 9.67 Å². The Morgan fingerprint density at radius 1 is 1.60 bits per heavy atom. The predicted molar refractivity (Wildman–Crippen MR) is 59.0 cm³/mol. The Balaban J connectivity index is 2.48. The van der Waals surface area contributed by atoms with Crippen LogP contribution in [-0.4, -0.2) is 26.4 Å². The Labute approximate surface area is 94.6 Å². The summed E-state index contributed by atoms with van der Waals surface area (Å²) in [5.74, 6) is 1.48. The second-order valence-corrected chi connectivity index (χ2v) is 3.79. The van der Waals surface area contributed by atoms with Gasteiger partial charge in [0, 0.05) is 18.8 Å². The zero-order valence-corrected chi connectivity index (χ0v) is 9.70. The van der Waals surface area contributed by atoms with Crippen LogP contribution in [0.2, 0.25) is 0 Å². The molecule has 1 rings (SSSR count). The maximum Gasteiger partial charge on any atom is 0.140 e. The highest BCUT2D eigenvalue weighted by molar-refractivity contribution is 6.17. The summed E-state index contributed by atoms with van der Waals surface area (Å²) >= 11 is 5.52. The van der Waals surface area contributed by atoms with E-state index in [1.165, 1.54) is 6.33 Å². The number of nitrogens with zero attached hydrogens (tertiary/aromatic N) is 3. The van der Waals surface area contributed by atoms with Crippen molar-refractivity contribution >= 4 is 17.4 Å². The number of alkyl halides is 1. The molecule has 0 bridgehead atoms. The molecule has 84 valence electrons. The molecule has 0 radical (unpaired) electrons. The van der Waals surface area contributed by atoms with Gasteiger partial charge in [-0.1, -0.05) is 6.92 Å². The molecule has 1 heterocycles. The fourth-order valence-electron chi connectivity index (χ4n) is 1.35. The van der Waals surface area contributed by atoms with E-state index in [1.807, 2.05) is 0 Å². The van der Waals surface area contributed by atoms with Crippen molar-refractivity contribution < 1.29 is 4.79 Å². The molecular weight excluding hydrogens is 214 g/mol. The van der Waals surface area contributed by atoms with Crippen LogP contribution in [0.5, 0.6) is 0 Å². The van der Waals surface area contributed by atoms with Crippen molar-refractivity contribution in [2.24, 2.45) is 0 Å². The van der Waals surface area contributed by atoms with Crippen molar-refractivity contribution in [3.8, 4) is 0 Å². The Morgan fingerprint density at radius 2 is 2.40 bits per heavy atom. The number of ketones is 1. The average molecular weight is 230 g/mol. The number of hydrogen-bond acceptors (Lipinski definition) is 3. The molecule has 0 saturated heterocycles. The van der Waals surface area contributed by atoms with Gasteiger partial charge in [0.15, 0.2) is 0 Å². The van der Waals surface area contributed by atoms with Gasteiger partial charge in [-0.2, -0.15) is 5.10 Å². The summed E-state index contributed by atoms with van der Waals surface area (Å²) in [5.41, 5.74) is 0. The molecule has 0 aliphatic carbocycles. The summed E-state index contributed by atoms with van der Waals surface area (Å²) < 4.78 is 1.79. The topological polar surface area (TPSA) is 47.8 Å². The number of halogens is 1. The van der Waals surface area contributed by atoms with E-state index in [0.29, 0.717) is 18.7 Å². The number of aryl methyl sites for hydroxylation is 1. The van der Waals surface area contributed by atoms with E-state index in [4.69, 9.17) is 11.6 Å². The molecule has 0 spiro atoms. The molecule has 0 amide bonds. The third-order valence-electron chi connectivity index (χ3n) is 2.08. The average Bonchev–Trinajstić information content (AvgIpc) is 2.63. The lowest BCUT2D eigenvalue weighted by Crippen LogP contribution is -2.11. The first-order chi connectivity index (χ1) is 7.27. The van der Waals surface area contributed by atoms with Gasteiger partial charge in [0.1, 0.15) is 17.9 Å². The van der Waals surface area contributed by atoms with Gasteiger partial charge in [0.05, 0.1) is 6.42 Å². The van der Waals surface area contributed by atoms with Crippen LogP contribution in [-0.2, 0) is 17.8 Å². The number of carbonyl (C=O) groups is 1. The van der Waals surface area contributed by atoms with Crippen molar-refractivity contribution in [3.05, 3.63) is 12.2 Å². The Kier molecular flexibility index (Phi) is 5.32. The number of hydrogen-bond donors (Lipinski definition) is 0. The van der Waals surface area contributed by atoms with Gasteiger partial charge in [0.25, 0.3) is 0 Å². The van der Waals surface area contributed by atoms with Gasteiger partial charge < -0.3 is 0 Å². The van der Waals surface area contributed by atoms with Gasteiger partial charge in [0.2, 0.25) is 0 Å². The highest BCUT2D eigenvalue weighted by atomic mass is 35.5. The zero-order valence-electron chi connectivity index (χ0n) is 8.95. The number of carbonyl (C=O) groups excluding carboxylic acids is 1. The van der Waals surface area contributed by atoms with E-state index >= 15 is 0 Å². The Morgan fingerprint density at radius 3 is 3.07 bits per heavy atom. The second kappa shape index (κ2) is 6.56. The van der Waals surface area contributed by atoms with Gasteiger partial charge in [-0.05, 0) is 12.8 Å². The smallest absolute Gasteiger partial charge is 0.140 e. The summed E-state index contributed by atoms with van der Waals surface area (Å²) in [6.45, 7) is 2.89. The molecule has 0 saturated carbocycles. The van der Waals surface area contributed by atoms with Crippen molar-refractivity contribution in [1.82, 2.24) is 14.8 Å². The minimum absolute atomic E-state index is 0.181. The van der Waals surface area contributed by atoms with Crippen LogP contribution in [0.25, 0.3) is 0 Å². The molecule has 0 aliphatic rings. The largest absolute Gasteiger partial charge is 0.299 e. The number of aromatic nitrogens is 3. The summed E-state index contributed by atoms with van der Waals surface area (Å²) in [5, 5.41) is 4.07. The molecule has 4 nitrogen and oxygen atoms in total. The van der Waals surface area contributed by atoms with Gasteiger partial charge in [-0.15, -0.1) is 11.6 Å². The highest BCUT2D eigenvalue weighted by Crippen LogP contribution is 2.02. The molecule has 15 heavy (non-hydrogen) atoms. The zero-order chi connectivity index (χ0) is 11.1. The van der Waals surface area contributed by atoms with Gasteiger partial charge >= 0.3 is 0 Å². The molecule has 1 aromatic rings. The number of rotatable bonds is 7. The van der Waals surface area contributed by atoms with Crippen molar-refractivity contribution in [1.29, 1.82) is 0 Å². The van der Waals surface area contributed by atoms with E-state index in [9.17, 15) is 4.79 Å². The van der Waals surface area contributed by atoms with E-state index in [1.54, 1.807) is 4.68 Å². The lowest BCUT2D eigenvalue weighted by molar-refractivity contribution is -0.118. The van der Waals surface area contributed by atoms with Crippen LogP contribution in [0.15, 0.2) is 6.33 Å². The molecule has 0 N–H and O–H groups in total. The highest BCUT2D eigenvalue weighted by Gasteiger charge is 2.09. The Bertz CT molecular complexity index is 311. The molecule has 0 aliphatic heterocycles. The first-order valence-corrected chi connectivity index (χ1v) is 5.75. The predicted octanol–water partition coefficient (Wildman–Crippen LogP) is 1.82. The SMILES string of the molecule is CCCn1ncnc1CC(=O)CCCCl. The maximum absolute atomic E-state index is 11.5. The summed E-state index contributed by atoms with van der Waals surface area (Å²) in [7, 11) is 0. The lowest BCUT2D eigenvalue weighted by Gasteiger charge is -2.03. The second-order valence-electron chi connectivity index (χ2n) is 3.41. The first-order valence-electron chi connectivity index (χ1n) is 5.22. The van der Waals surface area contributed by atoms with Crippen molar-refractivity contribution in [2.45, 2.75) is 39.2 Å². The number of Topliss-reactive ketones (excluding diaryl/α,β-unsaturated/α-hetero) is 1. The first kappa shape index (κ1) is 12.2. The standard InChI is InChI=1S/C10H16ClN3O/c1-2-6-14-10(12-8-13-14)7-9(15)4-3-5-11/h8H,2-7H2,1H3. The van der Waals surface area contributed by atoms with Crippen LogP contribution in [0, 0.1) is 0 Å². The molecule has 0 fully saturated rings. The minimum Gasteiger partial charge on any atom is -0.299 e. The molecular formula is C10H16ClN3O. The van der Waals surface area contributed by atoms with E-state index in [-0.39, 0.29) is 5.78 Å². The lowest BCUT2D eigenvalue weighted by atomic mass is 10.2. The summed E-state index contributed by atoms with van der Waals surface area (Å²) in [4.78, 5) is 15.6. The van der Waals surface area contributed by atoms with Crippen LogP contribution in [0.1, 0.15) is 32.0 Å². The van der Waals surface area contributed by atoms with Gasteiger partial charge in [-0.3, -0.25) is 4.79 Å². The fourth-order valence-corrected chi connectivity index (χ4v) is 1.49. The molecule has 5 heteroatoms. The minimum atomic E-state index is 0.181. The normalized spacial score (nSPS) is 10.5. The van der Waals surface area contributed by atoms with E-state index in [2.05, 4.69) is 17.0 Å². The van der Waals surface area contributed by atoms with Crippen LogP contribution < -0.4 is 0 Å². The molecule has 0 unspecified atom stereocenters. The molecule has 1 aromatic heterocycles. The fraction of sp³-hybridized carbons (Fsp3) is 0.700. The van der Waals surface area contributed by atoms with E-state index in [0.717, 1.165) is 25.2 Å². The maximum atomic E-state index is 11.5. The monoisotopic (exact) mass is 229 g/mol. The summed E-state index contributed by atoms with van der Waals surface area (Å²) in [6, 6.07) is 0. The van der Waals surface area contributed by atoms with E-state index < -0.39 is 0 Å². The molecule has 0 atom stereocenters. The summed E-state index contributed by atoms with van der Waals surface area (Å²) in [6.07, 6.45) is 4.13. The van der Waals surface area contributed by atoms with Crippen LogP contribution >= 0.6 is 11.6 Å². The van der Waals surface area contributed by atoms with Crippen molar-refractivity contribution in [3.63, 3.8) is 0 Å². The third-order valence-corrected chi connectivity index (χ3v) is 2.34. The quantitative estimate of drug-likeness (QED) is 0.670. The molecule has 0 aromatic carbocycles. The van der Waals surface area contributed by atoms with Crippen molar-refractivity contribution in [2.75, 3.05) is 5.88 Å². The Hall–Kier alpha value is -0.900.